The molecule has 0 spiro atoms. The van der Waals surface area contributed by atoms with Gasteiger partial charge in [-0.2, -0.15) is 0 Å². The number of amides is 1. The standard InChI is InChI=1S/C15H19ClN2O.ClH/c16-12-4-1-3-11(9-12)15(6-7-15)14(19)18-8-2-5-13(17)10-18;/h1,3-4,9,13H,2,5-8,10,17H2;1H. The van der Waals surface area contributed by atoms with E-state index in [-0.39, 0.29) is 29.8 Å². The van der Waals surface area contributed by atoms with Crippen molar-refractivity contribution >= 4 is 29.9 Å². The largest absolute Gasteiger partial charge is 0.340 e. The lowest BCUT2D eigenvalue weighted by Gasteiger charge is -2.33. The van der Waals surface area contributed by atoms with Crippen LogP contribution in [0.2, 0.25) is 5.02 Å². The van der Waals surface area contributed by atoms with Crippen LogP contribution < -0.4 is 5.73 Å². The van der Waals surface area contributed by atoms with Gasteiger partial charge >= 0.3 is 0 Å². The van der Waals surface area contributed by atoms with Crippen LogP contribution in [0.25, 0.3) is 0 Å². The monoisotopic (exact) mass is 314 g/mol. The molecule has 1 unspecified atom stereocenters. The number of likely N-dealkylation sites (tertiary alicyclic amines) is 1. The van der Waals surface area contributed by atoms with E-state index in [0.717, 1.165) is 37.8 Å². The molecule has 5 heteroatoms. The summed E-state index contributed by atoms with van der Waals surface area (Å²) >= 11 is 6.05. The highest BCUT2D eigenvalue weighted by molar-refractivity contribution is 6.30. The highest BCUT2D eigenvalue weighted by atomic mass is 35.5. The molecule has 2 fully saturated rings. The second-order valence-electron chi connectivity index (χ2n) is 5.75. The number of piperidine rings is 1. The van der Waals surface area contributed by atoms with Gasteiger partial charge in [-0.05, 0) is 43.4 Å². The molecule has 2 N–H and O–H groups in total. The zero-order valence-corrected chi connectivity index (χ0v) is 12.9. The molecule has 1 amide bonds. The zero-order valence-electron chi connectivity index (χ0n) is 11.3. The molecular formula is C15H20Cl2N2O. The smallest absolute Gasteiger partial charge is 0.233 e. The van der Waals surface area contributed by atoms with E-state index in [1.54, 1.807) is 0 Å². The second kappa shape index (κ2) is 5.92. The Morgan fingerprint density at radius 3 is 2.75 bits per heavy atom. The van der Waals surface area contributed by atoms with E-state index in [0.29, 0.717) is 11.6 Å². The first kappa shape index (κ1) is 15.6. The van der Waals surface area contributed by atoms with Gasteiger partial charge in [0.15, 0.2) is 0 Å². The van der Waals surface area contributed by atoms with Gasteiger partial charge in [-0.3, -0.25) is 4.79 Å². The van der Waals surface area contributed by atoms with Crippen LogP contribution in [0.3, 0.4) is 0 Å². The van der Waals surface area contributed by atoms with Crippen LogP contribution in [-0.4, -0.2) is 29.9 Å². The summed E-state index contributed by atoms with van der Waals surface area (Å²) in [6.45, 7) is 1.54. The van der Waals surface area contributed by atoms with Crippen molar-refractivity contribution in [2.45, 2.75) is 37.1 Å². The number of hydrogen-bond donors (Lipinski definition) is 1. The van der Waals surface area contributed by atoms with Crippen LogP contribution in [0, 0.1) is 0 Å². The zero-order chi connectivity index (χ0) is 13.5. The number of carbonyl (C=O) groups is 1. The number of carbonyl (C=O) groups excluding carboxylic acids is 1. The third-order valence-electron chi connectivity index (χ3n) is 4.28. The maximum Gasteiger partial charge on any atom is 0.233 e. The van der Waals surface area contributed by atoms with Gasteiger partial charge in [0.25, 0.3) is 0 Å². The molecule has 1 aromatic carbocycles. The number of nitrogens with two attached hydrogens (primary N) is 1. The summed E-state index contributed by atoms with van der Waals surface area (Å²) in [4.78, 5) is 14.7. The number of nitrogens with zero attached hydrogens (tertiary/aromatic N) is 1. The summed E-state index contributed by atoms with van der Waals surface area (Å²) in [6.07, 6.45) is 3.89. The molecule has 3 nitrogen and oxygen atoms in total. The second-order valence-corrected chi connectivity index (χ2v) is 6.18. The molecule has 1 saturated heterocycles. The van der Waals surface area contributed by atoms with E-state index in [2.05, 4.69) is 0 Å². The first-order chi connectivity index (χ1) is 9.12. The molecular weight excluding hydrogens is 295 g/mol. The minimum atomic E-state index is -0.317. The van der Waals surface area contributed by atoms with Crippen molar-refractivity contribution < 1.29 is 4.79 Å². The van der Waals surface area contributed by atoms with E-state index in [9.17, 15) is 4.79 Å². The number of benzene rings is 1. The van der Waals surface area contributed by atoms with Gasteiger partial charge < -0.3 is 10.6 Å². The van der Waals surface area contributed by atoms with Gasteiger partial charge in [0.05, 0.1) is 5.41 Å². The molecule has 20 heavy (non-hydrogen) atoms. The Morgan fingerprint density at radius 2 is 2.15 bits per heavy atom. The fourth-order valence-electron chi connectivity index (χ4n) is 3.03. The van der Waals surface area contributed by atoms with Gasteiger partial charge in [-0.25, -0.2) is 0 Å². The van der Waals surface area contributed by atoms with Crippen LogP contribution in [0.5, 0.6) is 0 Å². The predicted octanol–water partition coefficient (Wildman–Crippen LogP) is 2.74. The van der Waals surface area contributed by atoms with Crippen LogP contribution >= 0.6 is 24.0 Å². The maximum absolute atomic E-state index is 12.8. The molecule has 0 aromatic heterocycles. The van der Waals surface area contributed by atoms with Crippen molar-refractivity contribution in [2.24, 2.45) is 5.73 Å². The van der Waals surface area contributed by atoms with Gasteiger partial charge in [0.2, 0.25) is 5.91 Å². The molecule has 1 heterocycles. The van der Waals surface area contributed by atoms with E-state index in [1.165, 1.54) is 0 Å². The summed E-state index contributed by atoms with van der Waals surface area (Å²) in [7, 11) is 0. The van der Waals surface area contributed by atoms with Crippen molar-refractivity contribution in [3.63, 3.8) is 0 Å². The molecule has 1 aliphatic heterocycles. The van der Waals surface area contributed by atoms with E-state index in [1.807, 2.05) is 29.2 Å². The van der Waals surface area contributed by atoms with Crippen LogP contribution in [-0.2, 0) is 10.2 Å². The summed E-state index contributed by atoms with van der Waals surface area (Å²) in [5, 5.41) is 0.701. The molecule has 0 radical (unpaired) electrons. The highest BCUT2D eigenvalue weighted by Gasteiger charge is 2.53. The molecule has 110 valence electrons. The molecule has 1 atom stereocenters. The summed E-state index contributed by atoms with van der Waals surface area (Å²) in [6, 6.07) is 7.85. The molecule has 0 bridgehead atoms. The van der Waals surface area contributed by atoms with Gasteiger partial charge in [0, 0.05) is 24.2 Å². The van der Waals surface area contributed by atoms with Crippen molar-refractivity contribution in [1.29, 1.82) is 0 Å². The van der Waals surface area contributed by atoms with Gasteiger partial charge in [-0.15, -0.1) is 12.4 Å². The average molecular weight is 315 g/mol. The predicted molar refractivity (Wildman–Crippen MR) is 83.4 cm³/mol. The van der Waals surface area contributed by atoms with Crippen molar-refractivity contribution in [3.8, 4) is 0 Å². The molecule has 3 rings (SSSR count). The molecule has 1 aromatic rings. The first-order valence-corrected chi connectivity index (χ1v) is 7.31. The van der Waals surface area contributed by atoms with Crippen LogP contribution in [0.1, 0.15) is 31.2 Å². The Hall–Kier alpha value is -0.770. The third-order valence-corrected chi connectivity index (χ3v) is 4.52. The number of hydrogen-bond acceptors (Lipinski definition) is 2. The van der Waals surface area contributed by atoms with E-state index >= 15 is 0 Å². The van der Waals surface area contributed by atoms with E-state index < -0.39 is 0 Å². The molecule has 1 aliphatic carbocycles. The minimum absolute atomic E-state index is 0. The van der Waals surface area contributed by atoms with Crippen molar-refractivity contribution in [2.75, 3.05) is 13.1 Å². The fourth-order valence-corrected chi connectivity index (χ4v) is 3.22. The average Bonchev–Trinajstić information content (AvgIpc) is 3.19. The number of halogens is 2. The molecule has 1 saturated carbocycles. The maximum atomic E-state index is 12.8. The Morgan fingerprint density at radius 1 is 1.40 bits per heavy atom. The Labute approximate surface area is 130 Å². The highest BCUT2D eigenvalue weighted by Crippen LogP contribution is 2.50. The topological polar surface area (TPSA) is 46.3 Å². The summed E-state index contributed by atoms with van der Waals surface area (Å²) < 4.78 is 0. The summed E-state index contributed by atoms with van der Waals surface area (Å²) in [5.74, 6) is 0.241. The number of rotatable bonds is 2. The minimum Gasteiger partial charge on any atom is -0.340 e. The Kier molecular flexibility index (Phi) is 4.62. The lowest BCUT2D eigenvalue weighted by atomic mass is 9.93. The van der Waals surface area contributed by atoms with Crippen molar-refractivity contribution in [3.05, 3.63) is 34.9 Å². The van der Waals surface area contributed by atoms with Crippen LogP contribution in [0.15, 0.2) is 24.3 Å². The molecule has 2 aliphatic rings. The SMILES string of the molecule is Cl.NC1CCCN(C(=O)C2(c3cccc(Cl)c3)CC2)C1. The third kappa shape index (κ3) is 2.80. The lowest BCUT2D eigenvalue weighted by Crippen LogP contribution is -2.49. The first-order valence-electron chi connectivity index (χ1n) is 6.93. The fraction of sp³-hybridized carbons (Fsp3) is 0.533. The van der Waals surface area contributed by atoms with Crippen molar-refractivity contribution in [1.82, 2.24) is 4.90 Å². The van der Waals surface area contributed by atoms with Crippen LogP contribution in [0.4, 0.5) is 0 Å². The van der Waals surface area contributed by atoms with E-state index in [4.69, 9.17) is 17.3 Å². The Balaban J connectivity index is 0.00000147. The Bertz CT molecular complexity index is 502. The lowest BCUT2D eigenvalue weighted by molar-refractivity contribution is -0.135. The van der Waals surface area contributed by atoms with Gasteiger partial charge in [0.1, 0.15) is 0 Å². The quantitative estimate of drug-likeness (QED) is 0.912. The summed E-state index contributed by atoms with van der Waals surface area (Å²) in [5.41, 5.74) is 6.72. The normalized spacial score (nSPS) is 23.9. The van der Waals surface area contributed by atoms with Gasteiger partial charge in [-0.1, -0.05) is 23.7 Å².